The van der Waals surface area contributed by atoms with Gasteiger partial charge in [-0.25, -0.2) is 0 Å². The molecule has 0 radical (unpaired) electrons. The fourth-order valence-electron chi connectivity index (χ4n) is 1.11. The number of hydrogen-bond donors (Lipinski definition) is 2. The quantitative estimate of drug-likeness (QED) is 0.685. The third-order valence-corrected chi connectivity index (χ3v) is 1.91. The lowest BCUT2D eigenvalue weighted by Gasteiger charge is -2.03. The molecule has 0 spiro atoms. The summed E-state index contributed by atoms with van der Waals surface area (Å²) < 4.78 is 0. The minimum Gasteiger partial charge on any atom is -0.507 e. The fraction of sp³-hybridized carbons (Fsp3) is 0.300. The van der Waals surface area contributed by atoms with Gasteiger partial charge >= 0.3 is 0 Å². The van der Waals surface area contributed by atoms with Crippen LogP contribution in [-0.2, 0) is 6.42 Å². The van der Waals surface area contributed by atoms with Crippen LogP contribution in [0.5, 0.6) is 5.75 Å². The van der Waals surface area contributed by atoms with Crippen molar-refractivity contribution < 1.29 is 15.0 Å². The van der Waals surface area contributed by atoms with Gasteiger partial charge in [-0.05, 0) is 24.1 Å². The predicted molar refractivity (Wildman–Crippen MR) is 48.9 cm³/mol. The highest BCUT2D eigenvalue weighted by Gasteiger charge is 2.09. The summed E-state index contributed by atoms with van der Waals surface area (Å²) in [4.78, 5) is 11.1. The Morgan fingerprint density at radius 2 is 2.15 bits per heavy atom. The molecule has 0 atom stereocenters. The molecule has 3 heteroatoms. The number of hydrogen-bond acceptors (Lipinski definition) is 3. The molecule has 70 valence electrons. The van der Waals surface area contributed by atoms with E-state index < -0.39 is 12.4 Å². The summed E-state index contributed by atoms with van der Waals surface area (Å²) in [5, 5.41) is 17.9. The number of carbonyl (C=O) groups excluding carboxylic acids is 1. The van der Waals surface area contributed by atoms with E-state index in [0.717, 1.165) is 12.0 Å². The van der Waals surface area contributed by atoms with Crippen LogP contribution in [0.4, 0.5) is 0 Å². The van der Waals surface area contributed by atoms with Crippen molar-refractivity contribution in [3.8, 4) is 5.75 Å². The zero-order chi connectivity index (χ0) is 9.84. The third kappa shape index (κ3) is 2.06. The normalized spacial score (nSPS) is 10.0. The Morgan fingerprint density at radius 1 is 1.46 bits per heavy atom. The van der Waals surface area contributed by atoms with Crippen molar-refractivity contribution in [1.82, 2.24) is 0 Å². The average molecular weight is 180 g/mol. The summed E-state index contributed by atoms with van der Waals surface area (Å²) in [5.41, 5.74) is 1.16. The van der Waals surface area contributed by atoms with Gasteiger partial charge < -0.3 is 10.2 Å². The maximum Gasteiger partial charge on any atom is 0.191 e. The van der Waals surface area contributed by atoms with Gasteiger partial charge in [-0.1, -0.05) is 13.0 Å². The van der Waals surface area contributed by atoms with Crippen molar-refractivity contribution in [2.45, 2.75) is 13.3 Å². The molecule has 1 aromatic carbocycles. The summed E-state index contributed by atoms with van der Waals surface area (Å²) in [6.07, 6.45) is 0.798. The van der Waals surface area contributed by atoms with Gasteiger partial charge in [-0.3, -0.25) is 4.79 Å². The van der Waals surface area contributed by atoms with E-state index in [-0.39, 0.29) is 11.3 Å². The van der Waals surface area contributed by atoms with E-state index in [2.05, 4.69) is 0 Å². The van der Waals surface area contributed by atoms with Gasteiger partial charge in [0.15, 0.2) is 5.78 Å². The number of phenols is 1. The number of rotatable bonds is 3. The number of carbonyl (C=O) groups is 1. The highest BCUT2D eigenvalue weighted by atomic mass is 16.3. The first kappa shape index (κ1) is 9.74. The van der Waals surface area contributed by atoms with E-state index in [0.29, 0.717) is 0 Å². The van der Waals surface area contributed by atoms with E-state index in [4.69, 9.17) is 5.11 Å². The topological polar surface area (TPSA) is 57.5 Å². The van der Waals surface area contributed by atoms with Crippen LogP contribution in [0.2, 0.25) is 0 Å². The Morgan fingerprint density at radius 3 is 2.69 bits per heavy atom. The standard InChI is InChI=1S/C10H12O3/c1-2-7-3-4-9(12)8(5-7)10(13)6-11/h3-5,11-12H,2,6H2,1H3. The summed E-state index contributed by atoms with van der Waals surface area (Å²) >= 11 is 0. The molecule has 0 heterocycles. The fourth-order valence-corrected chi connectivity index (χ4v) is 1.11. The molecule has 0 amide bonds. The second-order valence-electron chi connectivity index (χ2n) is 2.79. The smallest absolute Gasteiger partial charge is 0.191 e. The van der Waals surface area contributed by atoms with E-state index in [9.17, 15) is 9.90 Å². The average Bonchev–Trinajstić information content (AvgIpc) is 2.17. The maximum atomic E-state index is 11.1. The number of ketones is 1. The van der Waals surface area contributed by atoms with E-state index in [1.54, 1.807) is 12.1 Å². The number of benzene rings is 1. The number of aromatic hydroxyl groups is 1. The molecule has 0 fully saturated rings. The number of aliphatic hydroxyl groups is 1. The molecule has 0 aromatic heterocycles. The summed E-state index contributed by atoms with van der Waals surface area (Å²) in [6, 6.07) is 4.83. The van der Waals surface area contributed by atoms with Crippen molar-refractivity contribution >= 4 is 5.78 Å². The molecule has 0 bridgehead atoms. The van der Waals surface area contributed by atoms with Crippen LogP contribution in [0.3, 0.4) is 0 Å². The third-order valence-electron chi connectivity index (χ3n) is 1.91. The second-order valence-corrected chi connectivity index (χ2v) is 2.79. The first-order valence-corrected chi connectivity index (χ1v) is 4.15. The van der Waals surface area contributed by atoms with Crippen LogP contribution in [0, 0.1) is 0 Å². The van der Waals surface area contributed by atoms with Crippen molar-refractivity contribution in [2.75, 3.05) is 6.61 Å². The van der Waals surface area contributed by atoms with Gasteiger partial charge in [-0.15, -0.1) is 0 Å². The van der Waals surface area contributed by atoms with E-state index in [1.807, 2.05) is 6.92 Å². The highest BCUT2D eigenvalue weighted by molar-refractivity contribution is 5.99. The van der Waals surface area contributed by atoms with Crippen molar-refractivity contribution in [3.63, 3.8) is 0 Å². The van der Waals surface area contributed by atoms with Gasteiger partial charge in [0, 0.05) is 0 Å². The number of Topliss-reactive ketones (excluding diaryl/α,β-unsaturated/α-hetero) is 1. The molecule has 0 saturated heterocycles. The SMILES string of the molecule is CCc1ccc(O)c(C(=O)CO)c1. The van der Waals surface area contributed by atoms with Crippen LogP contribution in [0.15, 0.2) is 18.2 Å². The Hall–Kier alpha value is -1.35. The molecule has 3 nitrogen and oxygen atoms in total. The van der Waals surface area contributed by atoms with Crippen LogP contribution < -0.4 is 0 Å². The van der Waals surface area contributed by atoms with Crippen LogP contribution >= 0.6 is 0 Å². The highest BCUT2D eigenvalue weighted by Crippen LogP contribution is 2.19. The van der Waals surface area contributed by atoms with Crippen LogP contribution in [0.1, 0.15) is 22.8 Å². The van der Waals surface area contributed by atoms with Gasteiger partial charge in [-0.2, -0.15) is 0 Å². The van der Waals surface area contributed by atoms with Gasteiger partial charge in [0.1, 0.15) is 12.4 Å². The molecule has 0 unspecified atom stereocenters. The van der Waals surface area contributed by atoms with Crippen molar-refractivity contribution in [3.05, 3.63) is 29.3 Å². The van der Waals surface area contributed by atoms with Crippen LogP contribution in [0.25, 0.3) is 0 Å². The lowest BCUT2D eigenvalue weighted by atomic mass is 10.0. The number of phenolic OH excluding ortho intramolecular Hbond substituents is 1. The zero-order valence-electron chi connectivity index (χ0n) is 7.45. The Labute approximate surface area is 76.6 Å². The first-order chi connectivity index (χ1) is 6.19. The molecule has 1 rings (SSSR count). The molecular weight excluding hydrogens is 168 g/mol. The van der Waals surface area contributed by atoms with Gasteiger partial charge in [0.2, 0.25) is 0 Å². The molecule has 0 aliphatic heterocycles. The summed E-state index contributed by atoms with van der Waals surface area (Å²) in [5.74, 6) is -0.524. The van der Waals surface area contributed by atoms with Crippen molar-refractivity contribution in [2.24, 2.45) is 0 Å². The molecule has 13 heavy (non-hydrogen) atoms. The Kier molecular flexibility index (Phi) is 3.03. The number of aryl methyl sites for hydroxylation is 1. The minimum absolute atomic E-state index is 0.0729. The molecular formula is C10H12O3. The van der Waals surface area contributed by atoms with Crippen molar-refractivity contribution in [1.29, 1.82) is 0 Å². The molecule has 0 saturated carbocycles. The van der Waals surface area contributed by atoms with E-state index >= 15 is 0 Å². The monoisotopic (exact) mass is 180 g/mol. The number of aliphatic hydroxyl groups excluding tert-OH is 1. The van der Waals surface area contributed by atoms with Gasteiger partial charge in [0.25, 0.3) is 0 Å². The summed E-state index contributed by atoms with van der Waals surface area (Å²) in [6.45, 7) is 1.39. The molecule has 1 aromatic rings. The molecule has 0 aliphatic rings. The van der Waals surface area contributed by atoms with Crippen LogP contribution in [-0.4, -0.2) is 22.6 Å². The van der Waals surface area contributed by atoms with Gasteiger partial charge in [0.05, 0.1) is 5.56 Å². The predicted octanol–water partition coefficient (Wildman–Crippen LogP) is 1.13. The second kappa shape index (κ2) is 4.05. The minimum atomic E-state index is -0.569. The van der Waals surface area contributed by atoms with E-state index in [1.165, 1.54) is 6.07 Å². The lowest BCUT2D eigenvalue weighted by Crippen LogP contribution is -2.05. The largest absolute Gasteiger partial charge is 0.507 e. The maximum absolute atomic E-state index is 11.1. The Balaban J connectivity index is 3.11. The summed E-state index contributed by atoms with van der Waals surface area (Å²) in [7, 11) is 0. The lowest BCUT2D eigenvalue weighted by molar-refractivity contribution is 0.0901. The first-order valence-electron chi connectivity index (χ1n) is 4.15. The zero-order valence-corrected chi connectivity index (χ0v) is 7.45. The molecule has 2 N–H and O–H groups in total. The molecule has 0 aliphatic carbocycles. The Bertz CT molecular complexity index is 318.